The molecule has 0 aliphatic carbocycles. The van der Waals surface area contributed by atoms with Crippen LogP contribution in [0.2, 0.25) is 0 Å². The van der Waals surface area contributed by atoms with Crippen LogP contribution in [0, 0.1) is 5.82 Å². The summed E-state index contributed by atoms with van der Waals surface area (Å²) in [6.45, 7) is 3.49. The summed E-state index contributed by atoms with van der Waals surface area (Å²) in [6.07, 6.45) is 3.78. The molecule has 0 saturated carbocycles. The number of hydrogen-bond acceptors (Lipinski definition) is 8. The lowest BCUT2D eigenvalue weighted by Crippen LogP contribution is -2.24. The largest absolute Gasteiger partial charge is 0.495 e. The number of anilines is 5. The first-order valence-electron chi connectivity index (χ1n) is 9.10. The Hall–Kier alpha value is -4.21. The Kier molecular flexibility index (Phi) is 6.61. The van der Waals surface area contributed by atoms with Gasteiger partial charge in [-0.3, -0.25) is 4.79 Å². The molecular weight excluding hydrogens is 403 g/mol. The molecule has 0 saturated heterocycles. The second-order valence-electron chi connectivity index (χ2n) is 6.22. The Morgan fingerprint density at radius 1 is 1.10 bits per heavy atom. The lowest BCUT2D eigenvalue weighted by Gasteiger charge is -2.20. The summed E-state index contributed by atoms with van der Waals surface area (Å²) >= 11 is 0. The zero-order valence-corrected chi connectivity index (χ0v) is 17.2. The third-order valence-corrected chi connectivity index (χ3v) is 4.25. The van der Waals surface area contributed by atoms with Crippen molar-refractivity contribution in [2.45, 2.75) is 0 Å². The summed E-state index contributed by atoms with van der Waals surface area (Å²) in [4.78, 5) is 25.6. The Morgan fingerprint density at radius 2 is 1.87 bits per heavy atom. The van der Waals surface area contributed by atoms with Crippen LogP contribution in [-0.2, 0) is 4.79 Å². The van der Waals surface area contributed by atoms with Crippen molar-refractivity contribution < 1.29 is 18.7 Å². The zero-order valence-electron chi connectivity index (χ0n) is 17.2. The van der Waals surface area contributed by atoms with Gasteiger partial charge >= 0.3 is 0 Å². The number of benzene rings is 1. The van der Waals surface area contributed by atoms with Gasteiger partial charge in [-0.1, -0.05) is 6.58 Å². The first-order valence-corrected chi connectivity index (χ1v) is 9.10. The highest BCUT2D eigenvalue weighted by Gasteiger charge is 2.15. The molecular formula is C21H21FN6O3. The number of amides is 1. The molecule has 10 heteroatoms. The van der Waals surface area contributed by atoms with Crippen LogP contribution in [-0.4, -0.2) is 42.1 Å². The van der Waals surface area contributed by atoms with E-state index in [-0.39, 0.29) is 17.7 Å². The third-order valence-electron chi connectivity index (χ3n) is 4.25. The molecule has 0 radical (unpaired) electrons. The second-order valence-corrected chi connectivity index (χ2v) is 6.22. The van der Waals surface area contributed by atoms with Crippen LogP contribution >= 0.6 is 0 Å². The summed E-state index contributed by atoms with van der Waals surface area (Å²) in [5.74, 6) is 0.0924. The van der Waals surface area contributed by atoms with Crippen LogP contribution in [0.25, 0.3) is 0 Å². The zero-order chi connectivity index (χ0) is 22.4. The summed E-state index contributed by atoms with van der Waals surface area (Å²) in [5, 5.41) is 5.85. The van der Waals surface area contributed by atoms with Crippen molar-refractivity contribution in [3.05, 3.63) is 61.2 Å². The van der Waals surface area contributed by atoms with Crippen molar-refractivity contribution in [3.8, 4) is 11.6 Å². The van der Waals surface area contributed by atoms with E-state index in [1.807, 2.05) is 0 Å². The molecule has 0 aliphatic rings. The summed E-state index contributed by atoms with van der Waals surface area (Å²) in [7, 11) is 4.60. The van der Waals surface area contributed by atoms with Crippen LogP contribution in [0.5, 0.6) is 11.6 Å². The molecule has 0 unspecified atom stereocenters. The summed E-state index contributed by atoms with van der Waals surface area (Å²) in [5.41, 5.74) is 1.58. The molecule has 3 rings (SSSR count). The highest BCUT2D eigenvalue weighted by atomic mass is 19.1. The van der Waals surface area contributed by atoms with Crippen LogP contribution in [0.4, 0.5) is 33.2 Å². The Balaban J connectivity index is 1.85. The fourth-order valence-corrected chi connectivity index (χ4v) is 2.64. The van der Waals surface area contributed by atoms with Gasteiger partial charge in [0, 0.05) is 18.8 Å². The van der Waals surface area contributed by atoms with Crippen molar-refractivity contribution in [1.29, 1.82) is 0 Å². The Morgan fingerprint density at radius 3 is 2.52 bits per heavy atom. The van der Waals surface area contributed by atoms with Gasteiger partial charge in [-0.25, -0.2) is 14.4 Å². The molecule has 0 atom stereocenters. The first-order chi connectivity index (χ1) is 14.9. The number of ether oxygens (including phenoxy) is 2. The lowest BCUT2D eigenvalue weighted by atomic mass is 10.2. The maximum atomic E-state index is 14.3. The predicted molar refractivity (Wildman–Crippen MR) is 116 cm³/mol. The van der Waals surface area contributed by atoms with Crippen molar-refractivity contribution in [1.82, 2.24) is 15.0 Å². The van der Waals surface area contributed by atoms with Gasteiger partial charge in [-0.2, -0.15) is 4.98 Å². The van der Waals surface area contributed by atoms with Gasteiger partial charge in [-0.05, 0) is 30.3 Å². The molecule has 3 aromatic rings. The van der Waals surface area contributed by atoms with Gasteiger partial charge in [0.05, 0.1) is 38.0 Å². The van der Waals surface area contributed by atoms with Crippen molar-refractivity contribution in [2.75, 3.05) is 36.8 Å². The van der Waals surface area contributed by atoms with Crippen LogP contribution in [0.3, 0.4) is 0 Å². The molecule has 0 spiro atoms. The Labute approximate surface area is 178 Å². The van der Waals surface area contributed by atoms with Crippen LogP contribution < -0.4 is 25.0 Å². The number of methoxy groups -OCH3 is 2. The van der Waals surface area contributed by atoms with Crippen molar-refractivity contribution in [2.24, 2.45) is 0 Å². The number of hydrogen-bond donors (Lipinski definition) is 2. The maximum Gasteiger partial charge on any atom is 0.250 e. The average molecular weight is 424 g/mol. The van der Waals surface area contributed by atoms with Gasteiger partial charge in [0.2, 0.25) is 17.7 Å². The molecule has 2 N–H and O–H groups in total. The number of rotatable bonds is 8. The lowest BCUT2D eigenvalue weighted by molar-refractivity contribution is -0.113. The SMILES string of the molecule is C=CC(=O)N(C)c1cc(Nc2nc(Nc3ccc(OC)nc3)ncc2F)ccc1OC. The topological polar surface area (TPSA) is 102 Å². The van der Waals surface area contributed by atoms with E-state index in [1.165, 1.54) is 25.2 Å². The highest BCUT2D eigenvalue weighted by molar-refractivity contribution is 6.02. The second kappa shape index (κ2) is 9.53. The minimum absolute atomic E-state index is 0.0483. The fourth-order valence-electron chi connectivity index (χ4n) is 2.64. The minimum atomic E-state index is -0.647. The van der Waals surface area contributed by atoms with Crippen molar-refractivity contribution in [3.63, 3.8) is 0 Å². The van der Waals surface area contributed by atoms with Crippen LogP contribution in [0.1, 0.15) is 0 Å². The van der Waals surface area contributed by atoms with Gasteiger partial charge in [0.25, 0.3) is 0 Å². The van der Waals surface area contributed by atoms with E-state index in [0.717, 1.165) is 6.20 Å². The molecule has 160 valence electrons. The average Bonchev–Trinajstić information content (AvgIpc) is 2.80. The number of nitrogens with one attached hydrogen (secondary N) is 2. The van der Waals surface area contributed by atoms with E-state index in [2.05, 4.69) is 32.2 Å². The molecule has 31 heavy (non-hydrogen) atoms. The van der Waals surface area contributed by atoms with E-state index in [0.29, 0.717) is 28.7 Å². The first kappa shape index (κ1) is 21.5. The van der Waals surface area contributed by atoms with Gasteiger partial charge in [0.15, 0.2) is 11.6 Å². The number of carbonyl (C=O) groups is 1. The molecule has 1 amide bonds. The minimum Gasteiger partial charge on any atom is -0.495 e. The van der Waals surface area contributed by atoms with Gasteiger partial charge < -0.3 is 25.0 Å². The number of pyridine rings is 1. The summed E-state index contributed by atoms with van der Waals surface area (Å²) < 4.78 is 24.7. The quantitative estimate of drug-likeness (QED) is 0.528. The summed E-state index contributed by atoms with van der Waals surface area (Å²) in [6, 6.07) is 8.38. The standard InChI is InChI=1S/C21H21FN6O3/c1-5-19(29)28(2)16-10-13(6-8-17(16)30-3)25-20-15(22)12-24-21(27-20)26-14-7-9-18(31-4)23-11-14/h5-12H,1H2,2-4H3,(H2,24,25,26,27). The fraction of sp³-hybridized carbons (Fsp3) is 0.143. The normalized spacial score (nSPS) is 10.2. The third kappa shape index (κ3) is 5.04. The number of nitrogens with zero attached hydrogens (tertiary/aromatic N) is 4. The molecule has 9 nitrogen and oxygen atoms in total. The number of likely N-dealkylation sites (N-methyl/N-ethyl adjacent to an activating group) is 1. The predicted octanol–water partition coefficient (Wildman–Crippen LogP) is 3.66. The Bertz CT molecular complexity index is 1090. The van der Waals surface area contributed by atoms with Gasteiger partial charge in [0.1, 0.15) is 5.75 Å². The maximum absolute atomic E-state index is 14.3. The number of halogens is 1. The van der Waals surface area contributed by atoms with E-state index in [1.54, 1.807) is 43.6 Å². The highest BCUT2D eigenvalue weighted by Crippen LogP contribution is 2.32. The van der Waals surface area contributed by atoms with Crippen molar-refractivity contribution >= 4 is 34.7 Å². The smallest absolute Gasteiger partial charge is 0.250 e. The number of aromatic nitrogens is 3. The van der Waals surface area contributed by atoms with E-state index in [4.69, 9.17) is 9.47 Å². The van der Waals surface area contributed by atoms with E-state index < -0.39 is 5.82 Å². The van der Waals surface area contributed by atoms with Gasteiger partial charge in [-0.15, -0.1) is 0 Å². The molecule has 0 bridgehead atoms. The molecule has 0 fully saturated rings. The molecule has 2 heterocycles. The molecule has 2 aromatic heterocycles. The monoisotopic (exact) mass is 424 g/mol. The van der Waals surface area contributed by atoms with E-state index in [9.17, 15) is 9.18 Å². The number of carbonyl (C=O) groups excluding carboxylic acids is 1. The van der Waals surface area contributed by atoms with Crippen LogP contribution in [0.15, 0.2) is 55.4 Å². The molecule has 1 aromatic carbocycles. The molecule has 0 aliphatic heterocycles. The van der Waals surface area contributed by atoms with E-state index >= 15 is 0 Å².